The molecule has 0 heterocycles. The minimum atomic E-state index is 0. The van der Waals surface area contributed by atoms with Crippen LogP contribution in [0.2, 0.25) is 0 Å². The van der Waals surface area contributed by atoms with E-state index in [1.807, 2.05) is 13.8 Å². The Morgan fingerprint density at radius 3 is 2.00 bits per heavy atom. The number of unbranched alkanes of at least 4 members (excludes halogenated alkanes) is 1. The van der Waals surface area contributed by atoms with Gasteiger partial charge in [-0.15, -0.1) is 0 Å². The van der Waals surface area contributed by atoms with Gasteiger partial charge in [0.05, 0.1) is 0 Å². The van der Waals surface area contributed by atoms with Crippen molar-refractivity contribution in [3.05, 3.63) is 0 Å². The summed E-state index contributed by atoms with van der Waals surface area (Å²) in [6, 6.07) is 0. The maximum absolute atomic E-state index is 8.00. The number of carbonyl (C=O) groups excluding carboxylic acids is 1. The minimum Gasteiger partial charge on any atom is -0.412 e. The van der Waals surface area contributed by atoms with Crippen LogP contribution in [0.3, 0.4) is 0 Å². The van der Waals surface area contributed by atoms with E-state index in [9.17, 15) is 0 Å². The smallest absolute Gasteiger partial charge is 0.106 e. The largest absolute Gasteiger partial charge is 0.412 e. The molecular weight excluding hydrogens is 118 g/mol. The molecule has 0 aromatic rings. The summed E-state index contributed by atoms with van der Waals surface area (Å²) in [4.78, 5) is 8.00. The normalized spacial score (nSPS) is 6.44. The van der Waals surface area contributed by atoms with Gasteiger partial charge in [-0.3, -0.25) is 0 Å². The van der Waals surface area contributed by atoms with Gasteiger partial charge in [0.1, 0.15) is 6.79 Å². The van der Waals surface area contributed by atoms with Gasteiger partial charge in [-0.1, -0.05) is 13.3 Å². The van der Waals surface area contributed by atoms with Crippen molar-refractivity contribution < 1.29 is 10.3 Å². The molecule has 0 rings (SSSR count). The van der Waals surface area contributed by atoms with Gasteiger partial charge in [0.2, 0.25) is 0 Å². The molecule has 0 aliphatic rings. The Morgan fingerprint density at radius 1 is 1.44 bits per heavy atom. The number of hydrogen-bond donors (Lipinski definition) is 1. The van der Waals surface area contributed by atoms with Crippen molar-refractivity contribution in [2.45, 2.75) is 19.8 Å². The van der Waals surface area contributed by atoms with E-state index in [0.717, 1.165) is 6.54 Å². The summed E-state index contributed by atoms with van der Waals surface area (Å²) in [7, 11) is 1.98. The topological polar surface area (TPSA) is 60.6 Å². The van der Waals surface area contributed by atoms with Crippen LogP contribution >= 0.6 is 0 Å². The molecule has 0 radical (unpaired) electrons. The number of rotatable bonds is 3. The second-order valence-corrected chi connectivity index (χ2v) is 1.46. The molecule has 0 aromatic heterocycles. The second-order valence-electron chi connectivity index (χ2n) is 1.46. The zero-order chi connectivity index (χ0) is 6.83. The van der Waals surface area contributed by atoms with Crippen LogP contribution in [0.15, 0.2) is 0 Å². The molecule has 0 aliphatic heterocycles. The third kappa shape index (κ3) is 35.4. The van der Waals surface area contributed by atoms with E-state index >= 15 is 0 Å². The summed E-state index contributed by atoms with van der Waals surface area (Å²) in [6.45, 7) is 5.36. The predicted octanol–water partition coefficient (Wildman–Crippen LogP) is -0.00370. The van der Waals surface area contributed by atoms with Gasteiger partial charge >= 0.3 is 0 Å². The SMILES string of the molecule is C=O.CCCCNC.O. The van der Waals surface area contributed by atoms with Gasteiger partial charge in [0.25, 0.3) is 0 Å². The molecule has 0 fully saturated rings. The fraction of sp³-hybridized carbons (Fsp3) is 0.833. The number of carbonyl (C=O) groups is 1. The molecule has 9 heavy (non-hydrogen) atoms. The van der Waals surface area contributed by atoms with Gasteiger partial charge in [-0.2, -0.15) is 0 Å². The highest BCUT2D eigenvalue weighted by Crippen LogP contribution is 1.79. The molecule has 0 spiro atoms. The molecule has 0 amide bonds. The van der Waals surface area contributed by atoms with Gasteiger partial charge in [-0.25, -0.2) is 0 Å². The Morgan fingerprint density at radius 2 is 1.89 bits per heavy atom. The third-order valence-corrected chi connectivity index (χ3v) is 0.780. The van der Waals surface area contributed by atoms with Gasteiger partial charge in [0, 0.05) is 0 Å². The summed E-state index contributed by atoms with van der Waals surface area (Å²) in [5.41, 5.74) is 0. The summed E-state index contributed by atoms with van der Waals surface area (Å²) >= 11 is 0. The molecule has 0 unspecified atom stereocenters. The van der Waals surface area contributed by atoms with Crippen molar-refractivity contribution in [2.24, 2.45) is 0 Å². The summed E-state index contributed by atoms with van der Waals surface area (Å²) in [5, 5.41) is 3.07. The van der Waals surface area contributed by atoms with Crippen LogP contribution < -0.4 is 5.32 Å². The zero-order valence-corrected chi connectivity index (χ0v) is 6.24. The Balaban J connectivity index is -0.000000109. The molecule has 0 saturated heterocycles. The van der Waals surface area contributed by atoms with Gasteiger partial charge < -0.3 is 15.6 Å². The minimum absolute atomic E-state index is 0. The Labute approximate surface area is 56.8 Å². The highest BCUT2D eigenvalue weighted by molar-refractivity contribution is 5.10. The van der Waals surface area contributed by atoms with Crippen molar-refractivity contribution in [3.63, 3.8) is 0 Å². The van der Waals surface area contributed by atoms with Crippen LogP contribution in [0, 0.1) is 0 Å². The summed E-state index contributed by atoms with van der Waals surface area (Å²) in [5.74, 6) is 0. The fourth-order valence-electron chi connectivity index (χ4n) is 0.354. The van der Waals surface area contributed by atoms with Crippen molar-refractivity contribution in [1.82, 2.24) is 5.32 Å². The predicted molar refractivity (Wildman–Crippen MR) is 39.6 cm³/mol. The fourth-order valence-corrected chi connectivity index (χ4v) is 0.354. The molecular formula is C6H17NO2. The van der Waals surface area contributed by atoms with Gasteiger partial charge in [0.15, 0.2) is 0 Å². The molecule has 3 heteroatoms. The van der Waals surface area contributed by atoms with Crippen LogP contribution in [-0.4, -0.2) is 25.9 Å². The Hall–Kier alpha value is -0.410. The highest BCUT2D eigenvalue weighted by Gasteiger charge is 1.73. The van der Waals surface area contributed by atoms with Crippen LogP contribution in [-0.2, 0) is 4.79 Å². The first-order chi connectivity index (χ1) is 3.91. The van der Waals surface area contributed by atoms with Gasteiger partial charge in [-0.05, 0) is 20.0 Å². The zero-order valence-electron chi connectivity index (χ0n) is 6.24. The lowest BCUT2D eigenvalue weighted by Crippen LogP contribution is -2.06. The third-order valence-electron chi connectivity index (χ3n) is 0.780. The molecule has 0 bridgehead atoms. The van der Waals surface area contributed by atoms with Crippen LogP contribution in [0.4, 0.5) is 0 Å². The average Bonchev–Trinajstić information content (AvgIpc) is 1.88. The van der Waals surface area contributed by atoms with Crippen LogP contribution in [0.25, 0.3) is 0 Å². The van der Waals surface area contributed by atoms with E-state index in [1.54, 1.807) is 0 Å². The van der Waals surface area contributed by atoms with E-state index in [0.29, 0.717) is 0 Å². The standard InChI is InChI=1S/C5H13N.CH2O.H2O/c1-3-4-5-6-2;1-2;/h6H,3-5H2,1-2H3;1H2;1H2. The highest BCUT2D eigenvalue weighted by atomic mass is 16.1. The molecule has 3 nitrogen and oxygen atoms in total. The van der Waals surface area contributed by atoms with E-state index in [1.165, 1.54) is 12.8 Å². The van der Waals surface area contributed by atoms with Crippen molar-refractivity contribution >= 4 is 6.79 Å². The molecule has 3 N–H and O–H groups in total. The first-order valence-corrected chi connectivity index (χ1v) is 2.85. The molecule has 0 saturated carbocycles. The molecule has 0 aliphatic carbocycles. The summed E-state index contributed by atoms with van der Waals surface area (Å²) in [6.07, 6.45) is 2.59. The Bertz CT molecular complexity index is 30.2. The monoisotopic (exact) mass is 135 g/mol. The van der Waals surface area contributed by atoms with E-state index in [-0.39, 0.29) is 5.48 Å². The first-order valence-electron chi connectivity index (χ1n) is 2.85. The molecule has 0 atom stereocenters. The van der Waals surface area contributed by atoms with Crippen molar-refractivity contribution in [1.29, 1.82) is 0 Å². The average molecular weight is 135 g/mol. The van der Waals surface area contributed by atoms with Crippen molar-refractivity contribution in [3.8, 4) is 0 Å². The molecule has 0 aromatic carbocycles. The Kier molecular flexibility index (Phi) is 45.0. The maximum Gasteiger partial charge on any atom is 0.106 e. The van der Waals surface area contributed by atoms with Crippen LogP contribution in [0.1, 0.15) is 19.8 Å². The van der Waals surface area contributed by atoms with E-state index < -0.39 is 0 Å². The van der Waals surface area contributed by atoms with Crippen LogP contribution in [0.5, 0.6) is 0 Å². The maximum atomic E-state index is 8.00. The van der Waals surface area contributed by atoms with Crippen molar-refractivity contribution in [2.75, 3.05) is 13.6 Å². The van der Waals surface area contributed by atoms with E-state index in [4.69, 9.17) is 4.79 Å². The molecule has 58 valence electrons. The lowest BCUT2D eigenvalue weighted by atomic mass is 10.3. The summed E-state index contributed by atoms with van der Waals surface area (Å²) < 4.78 is 0. The lowest BCUT2D eigenvalue weighted by molar-refractivity contribution is -0.0979. The number of hydrogen-bond acceptors (Lipinski definition) is 2. The quantitative estimate of drug-likeness (QED) is 0.553. The number of nitrogens with one attached hydrogen (secondary N) is 1. The lowest BCUT2D eigenvalue weighted by Gasteiger charge is -1.89. The van der Waals surface area contributed by atoms with E-state index in [2.05, 4.69) is 12.2 Å². The first kappa shape index (κ1) is 15.8. The second kappa shape index (κ2) is 25.6.